The van der Waals surface area contributed by atoms with Crippen LogP contribution in [0.4, 0.5) is 8.78 Å². The summed E-state index contributed by atoms with van der Waals surface area (Å²) in [6, 6.07) is 3.38. The van der Waals surface area contributed by atoms with E-state index >= 15 is 0 Å². The van der Waals surface area contributed by atoms with Crippen molar-refractivity contribution in [3.8, 4) is 0 Å². The topological polar surface area (TPSA) is 46.6 Å². The fraction of sp³-hybridized carbons (Fsp3) is 0.579. The van der Waals surface area contributed by atoms with Gasteiger partial charge in [-0.05, 0) is 50.7 Å². The Morgan fingerprint density at radius 2 is 2.08 bits per heavy atom. The molecule has 1 aromatic rings. The molecule has 1 saturated heterocycles. The van der Waals surface area contributed by atoms with E-state index in [0.29, 0.717) is 19.4 Å². The number of carbonyl (C=O) groups is 2. The van der Waals surface area contributed by atoms with Crippen molar-refractivity contribution in [2.75, 3.05) is 19.7 Å². The van der Waals surface area contributed by atoms with Crippen LogP contribution in [0.25, 0.3) is 0 Å². The van der Waals surface area contributed by atoms with Crippen molar-refractivity contribution in [1.82, 2.24) is 4.90 Å². The summed E-state index contributed by atoms with van der Waals surface area (Å²) in [4.78, 5) is 26.9. The molecule has 4 nitrogen and oxygen atoms in total. The number of amides is 1. The van der Waals surface area contributed by atoms with E-state index in [-0.39, 0.29) is 37.0 Å². The normalized spacial score (nSPS) is 23.4. The first-order chi connectivity index (χ1) is 11.9. The minimum Gasteiger partial charge on any atom is -0.466 e. The molecule has 1 aliphatic carbocycles. The Hall–Kier alpha value is -1.98. The minimum absolute atomic E-state index is 0.0700. The van der Waals surface area contributed by atoms with E-state index in [1.165, 1.54) is 12.1 Å². The lowest BCUT2D eigenvalue weighted by Crippen LogP contribution is -2.52. The number of esters is 1. The maximum absolute atomic E-state index is 14.1. The van der Waals surface area contributed by atoms with Crippen LogP contribution >= 0.6 is 0 Å². The van der Waals surface area contributed by atoms with Gasteiger partial charge in [0.2, 0.25) is 5.91 Å². The van der Waals surface area contributed by atoms with E-state index in [2.05, 4.69) is 0 Å². The van der Waals surface area contributed by atoms with Gasteiger partial charge < -0.3 is 9.64 Å². The van der Waals surface area contributed by atoms with Crippen LogP contribution in [-0.4, -0.2) is 36.5 Å². The maximum atomic E-state index is 14.1. The number of likely N-dealkylation sites (tertiary alicyclic amines) is 1. The number of piperidine rings is 1. The third-order valence-corrected chi connectivity index (χ3v) is 5.07. The molecule has 6 heteroatoms. The molecule has 1 saturated carbocycles. The van der Waals surface area contributed by atoms with Crippen LogP contribution in [0.3, 0.4) is 0 Å². The zero-order chi connectivity index (χ0) is 18.0. The summed E-state index contributed by atoms with van der Waals surface area (Å²) in [5.74, 6) is -1.59. The summed E-state index contributed by atoms with van der Waals surface area (Å²) < 4.78 is 32.6. The second-order valence-electron chi connectivity index (χ2n) is 7.05. The van der Waals surface area contributed by atoms with Gasteiger partial charge in [0.05, 0.1) is 12.0 Å². The van der Waals surface area contributed by atoms with Crippen LogP contribution in [0.5, 0.6) is 0 Å². The van der Waals surface area contributed by atoms with Gasteiger partial charge in [0.1, 0.15) is 11.6 Å². The van der Waals surface area contributed by atoms with Crippen LogP contribution in [-0.2, 0) is 20.7 Å². The summed E-state index contributed by atoms with van der Waals surface area (Å²) in [5, 5.41) is 0. The van der Waals surface area contributed by atoms with Gasteiger partial charge in [-0.2, -0.15) is 0 Å². The first-order valence-corrected chi connectivity index (χ1v) is 8.85. The van der Waals surface area contributed by atoms with Crippen molar-refractivity contribution in [2.45, 2.75) is 39.0 Å². The van der Waals surface area contributed by atoms with Gasteiger partial charge in [0.25, 0.3) is 0 Å². The number of hydrogen-bond donors (Lipinski definition) is 0. The predicted molar refractivity (Wildman–Crippen MR) is 87.7 cm³/mol. The van der Waals surface area contributed by atoms with Crippen molar-refractivity contribution >= 4 is 11.9 Å². The highest BCUT2D eigenvalue weighted by Gasteiger charge is 2.47. The Labute approximate surface area is 146 Å². The molecule has 1 atom stereocenters. The van der Waals surface area contributed by atoms with Crippen molar-refractivity contribution in [3.63, 3.8) is 0 Å². The summed E-state index contributed by atoms with van der Waals surface area (Å²) in [6.45, 7) is 2.80. The standard InChI is InChI=1S/C19H23F2NO3/c1-2-25-18(24)19(11-14-6-7-15(20)10-16(14)21)8-3-9-22(12-19)17(23)13-4-5-13/h6-7,10,13H,2-5,8-9,11-12H2,1H3/t19-/m1/s1. The van der Waals surface area contributed by atoms with Gasteiger partial charge in [0.15, 0.2) is 0 Å². The van der Waals surface area contributed by atoms with Crippen molar-refractivity contribution < 1.29 is 23.1 Å². The Morgan fingerprint density at radius 1 is 1.32 bits per heavy atom. The molecule has 2 aliphatic rings. The Kier molecular flexibility index (Phi) is 5.06. The van der Waals surface area contributed by atoms with Gasteiger partial charge in [-0.1, -0.05) is 6.07 Å². The summed E-state index contributed by atoms with van der Waals surface area (Å²) in [6.07, 6.45) is 3.09. The SMILES string of the molecule is CCOC(=O)[C@@]1(Cc2ccc(F)cc2F)CCCN(C(=O)C2CC2)C1. The highest BCUT2D eigenvalue weighted by molar-refractivity contribution is 5.83. The molecule has 1 amide bonds. The highest BCUT2D eigenvalue weighted by atomic mass is 19.1. The second-order valence-corrected chi connectivity index (χ2v) is 7.05. The van der Waals surface area contributed by atoms with Crippen molar-refractivity contribution in [1.29, 1.82) is 0 Å². The Balaban J connectivity index is 1.87. The van der Waals surface area contributed by atoms with E-state index in [1.54, 1.807) is 11.8 Å². The fourth-order valence-corrected chi connectivity index (χ4v) is 3.61. The van der Waals surface area contributed by atoms with E-state index in [0.717, 1.165) is 18.9 Å². The lowest BCUT2D eigenvalue weighted by Gasteiger charge is -2.41. The number of benzene rings is 1. The molecule has 1 aromatic carbocycles. The second kappa shape index (κ2) is 7.10. The van der Waals surface area contributed by atoms with Gasteiger partial charge in [-0.3, -0.25) is 9.59 Å². The number of nitrogens with zero attached hydrogens (tertiary/aromatic N) is 1. The van der Waals surface area contributed by atoms with Gasteiger partial charge in [-0.15, -0.1) is 0 Å². The molecule has 2 fully saturated rings. The minimum atomic E-state index is -0.975. The van der Waals surface area contributed by atoms with E-state index in [4.69, 9.17) is 4.74 Å². The summed E-state index contributed by atoms with van der Waals surface area (Å²) >= 11 is 0. The van der Waals surface area contributed by atoms with E-state index in [9.17, 15) is 18.4 Å². The maximum Gasteiger partial charge on any atom is 0.314 e. The van der Waals surface area contributed by atoms with Crippen molar-refractivity contribution in [2.24, 2.45) is 11.3 Å². The molecule has 3 rings (SSSR count). The lowest BCUT2D eigenvalue weighted by atomic mass is 9.74. The fourth-order valence-electron chi connectivity index (χ4n) is 3.61. The molecule has 0 aromatic heterocycles. The molecular weight excluding hydrogens is 328 g/mol. The molecule has 0 bridgehead atoms. The molecule has 0 spiro atoms. The molecular formula is C19H23F2NO3. The zero-order valence-electron chi connectivity index (χ0n) is 14.4. The first-order valence-electron chi connectivity index (χ1n) is 8.85. The van der Waals surface area contributed by atoms with Gasteiger partial charge >= 0.3 is 5.97 Å². The summed E-state index contributed by atoms with van der Waals surface area (Å²) in [5.41, 5.74) is -0.701. The highest BCUT2D eigenvalue weighted by Crippen LogP contribution is 2.39. The monoisotopic (exact) mass is 351 g/mol. The molecule has 0 N–H and O–H groups in total. The lowest BCUT2D eigenvalue weighted by molar-refractivity contribution is -0.161. The Bertz CT molecular complexity index is 675. The van der Waals surface area contributed by atoms with Crippen LogP contribution in [0.15, 0.2) is 18.2 Å². The van der Waals surface area contributed by atoms with Gasteiger partial charge in [-0.25, -0.2) is 8.78 Å². The number of halogens is 2. The Morgan fingerprint density at radius 3 is 2.72 bits per heavy atom. The number of carbonyl (C=O) groups excluding carboxylic acids is 2. The van der Waals surface area contributed by atoms with Crippen molar-refractivity contribution in [3.05, 3.63) is 35.4 Å². The number of ether oxygens (including phenoxy) is 1. The third kappa shape index (κ3) is 3.83. The van der Waals surface area contributed by atoms with Crippen LogP contribution in [0, 0.1) is 23.0 Å². The smallest absolute Gasteiger partial charge is 0.314 e. The molecule has 0 radical (unpaired) electrons. The molecule has 1 aliphatic heterocycles. The zero-order valence-corrected chi connectivity index (χ0v) is 14.4. The van der Waals surface area contributed by atoms with Crippen LogP contribution in [0.1, 0.15) is 38.2 Å². The molecule has 1 heterocycles. The van der Waals surface area contributed by atoms with Gasteiger partial charge in [0, 0.05) is 25.1 Å². The largest absolute Gasteiger partial charge is 0.466 e. The van der Waals surface area contributed by atoms with E-state index < -0.39 is 23.0 Å². The predicted octanol–water partition coefficient (Wildman–Crippen LogP) is 3.09. The summed E-state index contributed by atoms with van der Waals surface area (Å²) in [7, 11) is 0. The van der Waals surface area contributed by atoms with Crippen LogP contribution < -0.4 is 0 Å². The molecule has 136 valence electrons. The molecule has 0 unspecified atom stereocenters. The third-order valence-electron chi connectivity index (χ3n) is 5.07. The average molecular weight is 351 g/mol. The van der Waals surface area contributed by atoms with Crippen LogP contribution in [0.2, 0.25) is 0 Å². The van der Waals surface area contributed by atoms with E-state index in [1.807, 2.05) is 0 Å². The number of hydrogen-bond acceptors (Lipinski definition) is 3. The average Bonchev–Trinajstić information content (AvgIpc) is 3.42. The first kappa shape index (κ1) is 17.8. The molecule has 25 heavy (non-hydrogen) atoms. The quantitative estimate of drug-likeness (QED) is 0.766. The number of rotatable bonds is 5.